The molecule has 0 fully saturated rings. The monoisotopic (exact) mass is 468 g/mol. The summed E-state index contributed by atoms with van der Waals surface area (Å²) in [6, 6.07) is 12.7. The Labute approximate surface area is 184 Å². The van der Waals surface area contributed by atoms with Crippen molar-refractivity contribution in [1.82, 2.24) is 5.32 Å². The summed E-state index contributed by atoms with van der Waals surface area (Å²) in [5.41, 5.74) is 1.28. The van der Waals surface area contributed by atoms with E-state index in [1.54, 1.807) is 43.3 Å². The highest BCUT2D eigenvalue weighted by Crippen LogP contribution is 2.22. The van der Waals surface area contributed by atoms with Crippen LogP contribution in [0.15, 0.2) is 53.4 Å². The fraction of sp³-hybridized carbons (Fsp3) is 0.381. The topological polar surface area (TPSA) is 110 Å². The maximum absolute atomic E-state index is 12.3. The van der Waals surface area contributed by atoms with Crippen LogP contribution in [0.4, 0.5) is 5.69 Å². The van der Waals surface area contributed by atoms with Crippen LogP contribution in [0.25, 0.3) is 0 Å². The number of nitrogens with zero attached hydrogens (tertiary/aromatic N) is 1. The number of carbonyl (C=O) groups excluding carboxylic acids is 1. The van der Waals surface area contributed by atoms with Crippen molar-refractivity contribution >= 4 is 31.5 Å². The molecule has 31 heavy (non-hydrogen) atoms. The maximum Gasteiger partial charge on any atom is 0.232 e. The van der Waals surface area contributed by atoms with Crippen LogP contribution in [0.1, 0.15) is 31.4 Å². The average molecular weight is 469 g/mol. The first-order chi connectivity index (χ1) is 14.4. The predicted molar refractivity (Wildman–Crippen MR) is 121 cm³/mol. The Balaban J connectivity index is 1.94. The highest BCUT2D eigenvalue weighted by Gasteiger charge is 2.18. The molecule has 1 N–H and O–H groups in total. The molecular weight excluding hydrogens is 440 g/mol. The van der Waals surface area contributed by atoms with Gasteiger partial charge in [-0.2, -0.15) is 0 Å². The van der Waals surface area contributed by atoms with E-state index in [1.807, 2.05) is 0 Å². The van der Waals surface area contributed by atoms with Crippen LogP contribution in [0.2, 0.25) is 0 Å². The lowest BCUT2D eigenvalue weighted by molar-refractivity contribution is -0.121. The molecule has 0 heterocycles. The van der Waals surface area contributed by atoms with Crippen molar-refractivity contribution in [2.45, 2.75) is 30.7 Å². The Kier molecular flexibility index (Phi) is 8.08. The first-order valence-electron chi connectivity index (χ1n) is 9.63. The third-order valence-electron chi connectivity index (χ3n) is 4.71. The van der Waals surface area contributed by atoms with Crippen molar-refractivity contribution in [1.29, 1.82) is 0 Å². The lowest BCUT2D eigenvalue weighted by Crippen LogP contribution is -2.32. The van der Waals surface area contributed by atoms with Crippen LogP contribution in [-0.4, -0.2) is 48.9 Å². The molecule has 0 aliphatic rings. The van der Waals surface area contributed by atoms with Crippen LogP contribution in [0.3, 0.4) is 0 Å². The fourth-order valence-electron chi connectivity index (χ4n) is 3.02. The zero-order chi connectivity index (χ0) is 23.2. The van der Waals surface area contributed by atoms with Crippen LogP contribution in [0, 0.1) is 0 Å². The summed E-state index contributed by atoms with van der Waals surface area (Å²) in [5.74, 6) is 0.401. The van der Waals surface area contributed by atoms with E-state index in [2.05, 4.69) is 5.32 Å². The lowest BCUT2D eigenvalue weighted by Gasteiger charge is -2.22. The summed E-state index contributed by atoms with van der Waals surface area (Å²) in [6.07, 6.45) is 2.75. The molecule has 170 valence electrons. The Morgan fingerprint density at radius 1 is 1.00 bits per heavy atom. The zero-order valence-electron chi connectivity index (χ0n) is 18.0. The van der Waals surface area contributed by atoms with Gasteiger partial charge < -0.3 is 10.1 Å². The number of amides is 1. The minimum atomic E-state index is -3.51. The summed E-state index contributed by atoms with van der Waals surface area (Å²) < 4.78 is 53.8. The number of ether oxygens (including phenoxy) is 1. The molecule has 0 spiro atoms. The smallest absolute Gasteiger partial charge is 0.232 e. The normalized spacial score (nSPS) is 12.8. The second-order valence-electron chi connectivity index (χ2n) is 7.27. The van der Waals surface area contributed by atoms with Crippen LogP contribution in [0.5, 0.6) is 5.75 Å². The van der Waals surface area contributed by atoms with Gasteiger partial charge in [0.1, 0.15) is 5.75 Å². The molecule has 0 unspecified atom stereocenters. The number of carbonyl (C=O) groups is 1. The average Bonchev–Trinajstić information content (AvgIpc) is 2.70. The van der Waals surface area contributed by atoms with Gasteiger partial charge in [0.15, 0.2) is 9.84 Å². The number of benzene rings is 2. The van der Waals surface area contributed by atoms with Gasteiger partial charge in [0.2, 0.25) is 15.9 Å². The van der Waals surface area contributed by atoms with Crippen molar-refractivity contribution in [2.24, 2.45) is 0 Å². The number of sulfonamides is 1. The van der Waals surface area contributed by atoms with Crippen molar-refractivity contribution in [3.8, 4) is 5.75 Å². The van der Waals surface area contributed by atoms with Gasteiger partial charge in [-0.1, -0.05) is 12.1 Å². The molecule has 0 saturated carbocycles. The van der Waals surface area contributed by atoms with Crippen LogP contribution in [-0.2, 0) is 24.7 Å². The highest BCUT2D eigenvalue weighted by atomic mass is 32.2. The molecule has 0 aliphatic carbocycles. The van der Waals surface area contributed by atoms with Crippen molar-refractivity contribution in [3.05, 3.63) is 54.1 Å². The Bertz CT molecular complexity index is 1100. The minimum Gasteiger partial charge on any atom is -0.497 e. The molecule has 0 aliphatic heterocycles. The lowest BCUT2D eigenvalue weighted by atomic mass is 10.1. The molecule has 1 atom stereocenters. The van der Waals surface area contributed by atoms with Gasteiger partial charge in [-0.25, -0.2) is 16.8 Å². The number of nitrogens with one attached hydrogen (secondary N) is 1. The number of rotatable bonds is 10. The summed E-state index contributed by atoms with van der Waals surface area (Å²) in [5, 5.41) is 2.85. The molecule has 2 rings (SSSR count). The molecule has 0 saturated heterocycles. The second kappa shape index (κ2) is 10.1. The molecule has 0 aromatic heterocycles. The maximum atomic E-state index is 12.3. The van der Waals surface area contributed by atoms with Crippen LogP contribution >= 0.6 is 0 Å². The van der Waals surface area contributed by atoms with Crippen molar-refractivity contribution < 1.29 is 26.4 Å². The summed E-state index contributed by atoms with van der Waals surface area (Å²) in [7, 11) is -5.25. The second-order valence-corrected chi connectivity index (χ2v) is 11.2. The largest absolute Gasteiger partial charge is 0.497 e. The predicted octanol–water partition coefficient (Wildman–Crippen LogP) is 2.52. The van der Waals surface area contributed by atoms with E-state index in [0.29, 0.717) is 17.9 Å². The Morgan fingerprint density at radius 3 is 2.06 bits per heavy atom. The Hall–Kier alpha value is -2.59. The quantitative estimate of drug-likeness (QED) is 0.574. The molecule has 2 aromatic rings. The summed E-state index contributed by atoms with van der Waals surface area (Å²) >= 11 is 0. The highest BCUT2D eigenvalue weighted by molar-refractivity contribution is 7.92. The number of hydrogen-bond acceptors (Lipinski definition) is 6. The van der Waals surface area contributed by atoms with Gasteiger partial charge in [0.25, 0.3) is 0 Å². The third-order valence-corrected chi connectivity index (χ3v) is 7.03. The van der Waals surface area contributed by atoms with Crippen LogP contribution < -0.4 is 14.4 Å². The first-order valence-corrected chi connectivity index (χ1v) is 13.4. The minimum absolute atomic E-state index is 0.147. The SMILES string of the molecule is COc1ccc(N(CCCC(=O)N[C@@H](C)c2ccc(S(C)(=O)=O)cc2)S(C)(=O)=O)cc1. The van der Waals surface area contributed by atoms with E-state index in [-0.39, 0.29) is 29.8 Å². The van der Waals surface area contributed by atoms with E-state index in [0.717, 1.165) is 18.1 Å². The Morgan fingerprint density at radius 2 is 1.58 bits per heavy atom. The summed E-state index contributed by atoms with van der Waals surface area (Å²) in [4.78, 5) is 12.5. The summed E-state index contributed by atoms with van der Waals surface area (Å²) in [6.45, 7) is 1.96. The molecule has 1 amide bonds. The van der Waals surface area contributed by atoms with Gasteiger partial charge in [-0.05, 0) is 55.3 Å². The van der Waals surface area contributed by atoms with E-state index in [1.165, 1.54) is 23.5 Å². The van der Waals surface area contributed by atoms with E-state index < -0.39 is 19.9 Å². The molecular formula is C21H28N2O6S2. The van der Waals surface area contributed by atoms with Crippen molar-refractivity contribution in [2.75, 3.05) is 30.5 Å². The van der Waals surface area contributed by atoms with Gasteiger partial charge in [-0.3, -0.25) is 9.10 Å². The van der Waals surface area contributed by atoms with Gasteiger partial charge in [0, 0.05) is 19.2 Å². The standard InChI is InChI=1S/C21H28N2O6S2/c1-16(17-7-13-20(14-8-17)30(3,25)26)22-21(24)6-5-15-23(31(4,27)28)18-9-11-19(29-2)12-10-18/h7-14,16H,5-6,15H2,1-4H3,(H,22,24)/t16-/m0/s1. The molecule has 0 bridgehead atoms. The van der Waals surface area contributed by atoms with Crippen molar-refractivity contribution in [3.63, 3.8) is 0 Å². The number of sulfone groups is 1. The van der Waals surface area contributed by atoms with Gasteiger partial charge >= 0.3 is 0 Å². The fourth-order valence-corrected chi connectivity index (χ4v) is 4.61. The molecule has 0 radical (unpaired) electrons. The number of hydrogen-bond donors (Lipinski definition) is 1. The molecule has 2 aromatic carbocycles. The third kappa shape index (κ3) is 7.25. The number of methoxy groups -OCH3 is 1. The van der Waals surface area contributed by atoms with E-state index >= 15 is 0 Å². The zero-order valence-corrected chi connectivity index (χ0v) is 19.7. The van der Waals surface area contributed by atoms with E-state index in [9.17, 15) is 21.6 Å². The number of anilines is 1. The van der Waals surface area contributed by atoms with E-state index in [4.69, 9.17) is 4.74 Å². The van der Waals surface area contributed by atoms with Gasteiger partial charge in [-0.15, -0.1) is 0 Å². The molecule has 10 heteroatoms. The van der Waals surface area contributed by atoms with Gasteiger partial charge in [0.05, 0.1) is 30.0 Å². The molecule has 8 nitrogen and oxygen atoms in total. The first kappa shape index (κ1) is 24.7.